The number of aromatic nitrogens is 2. The van der Waals surface area contributed by atoms with Crippen molar-refractivity contribution in [3.63, 3.8) is 0 Å². The zero-order valence-electron chi connectivity index (χ0n) is 16.5. The van der Waals surface area contributed by atoms with Gasteiger partial charge in [0.25, 0.3) is 5.91 Å². The number of amides is 2. The number of carbonyl (C=O) groups excluding carboxylic acids is 2. The summed E-state index contributed by atoms with van der Waals surface area (Å²) in [5.74, 6) is -0.0163. The van der Waals surface area contributed by atoms with Crippen LogP contribution in [0.4, 0.5) is 11.4 Å². The van der Waals surface area contributed by atoms with E-state index in [1.807, 2.05) is 54.6 Å². The number of hydrogen-bond acceptors (Lipinski definition) is 5. The third-order valence-corrected chi connectivity index (χ3v) is 5.34. The lowest BCUT2D eigenvalue weighted by atomic mass is 9.96. The highest BCUT2D eigenvalue weighted by molar-refractivity contribution is 6.05. The number of nitrogens with zero attached hydrogens (tertiary/aromatic N) is 3. The lowest BCUT2D eigenvalue weighted by Gasteiger charge is -2.33. The Morgan fingerprint density at radius 3 is 2.23 bits per heavy atom. The van der Waals surface area contributed by atoms with Crippen LogP contribution in [-0.4, -0.2) is 34.9 Å². The summed E-state index contributed by atoms with van der Waals surface area (Å²) in [6.07, 6.45) is 4.50. The molecule has 3 aromatic rings. The molecular weight excluding hydrogens is 378 g/mol. The standard InChI is InChI=1S/C23H23N5O2/c24-21(29)16-10-12-28(13-11-16)20-9-5-4-8-19(20)27-23(30)18-14-25-22(26-15-18)17-6-2-1-3-7-17/h1-9,14-16H,10-13H2,(H2,24,29)(H,27,30). The van der Waals surface area contributed by atoms with E-state index in [0.29, 0.717) is 29.9 Å². The summed E-state index contributed by atoms with van der Waals surface area (Å²) in [6.45, 7) is 1.44. The first-order valence-corrected chi connectivity index (χ1v) is 9.94. The van der Waals surface area contributed by atoms with Crippen molar-refractivity contribution in [2.45, 2.75) is 12.8 Å². The maximum absolute atomic E-state index is 12.8. The van der Waals surface area contributed by atoms with Gasteiger partial charge in [-0.25, -0.2) is 9.97 Å². The topological polar surface area (TPSA) is 101 Å². The Hall–Kier alpha value is -3.74. The molecule has 0 spiro atoms. The van der Waals surface area contributed by atoms with Gasteiger partial charge >= 0.3 is 0 Å². The summed E-state index contributed by atoms with van der Waals surface area (Å²) in [5, 5.41) is 2.97. The average molecular weight is 401 g/mol. The Morgan fingerprint density at radius 2 is 1.57 bits per heavy atom. The van der Waals surface area contributed by atoms with Gasteiger partial charge in [0.05, 0.1) is 16.9 Å². The van der Waals surface area contributed by atoms with Gasteiger partial charge in [-0.15, -0.1) is 0 Å². The van der Waals surface area contributed by atoms with E-state index in [-0.39, 0.29) is 17.7 Å². The Labute approximate surface area is 175 Å². The van der Waals surface area contributed by atoms with Gasteiger partial charge in [-0.3, -0.25) is 9.59 Å². The molecule has 0 unspecified atom stereocenters. The van der Waals surface area contributed by atoms with Gasteiger partial charge in [-0.1, -0.05) is 42.5 Å². The van der Waals surface area contributed by atoms with Gasteiger partial charge in [-0.05, 0) is 25.0 Å². The van der Waals surface area contributed by atoms with Gasteiger partial charge in [0, 0.05) is 37.0 Å². The van der Waals surface area contributed by atoms with E-state index < -0.39 is 0 Å². The Balaban J connectivity index is 1.47. The molecular formula is C23H23N5O2. The summed E-state index contributed by atoms with van der Waals surface area (Å²) in [4.78, 5) is 35.0. The fraction of sp³-hybridized carbons (Fsp3) is 0.217. The van der Waals surface area contributed by atoms with E-state index >= 15 is 0 Å². The van der Waals surface area contributed by atoms with Crippen LogP contribution in [0.5, 0.6) is 0 Å². The Bertz CT molecular complexity index is 1030. The van der Waals surface area contributed by atoms with Gasteiger partial charge in [0.15, 0.2) is 5.82 Å². The van der Waals surface area contributed by atoms with Crippen LogP contribution in [0, 0.1) is 5.92 Å². The minimum atomic E-state index is -0.269. The van der Waals surface area contributed by atoms with E-state index in [2.05, 4.69) is 20.2 Å². The van der Waals surface area contributed by atoms with E-state index in [1.165, 1.54) is 12.4 Å². The first-order chi connectivity index (χ1) is 14.6. The van der Waals surface area contributed by atoms with Crippen molar-refractivity contribution in [3.8, 4) is 11.4 Å². The van der Waals surface area contributed by atoms with E-state index in [0.717, 1.165) is 24.3 Å². The number of rotatable bonds is 5. The third-order valence-electron chi connectivity index (χ3n) is 5.34. The number of carbonyl (C=O) groups is 2. The second-order valence-corrected chi connectivity index (χ2v) is 7.30. The van der Waals surface area contributed by atoms with Gasteiger partial charge in [0.1, 0.15) is 0 Å². The van der Waals surface area contributed by atoms with Crippen LogP contribution in [0.2, 0.25) is 0 Å². The van der Waals surface area contributed by atoms with Crippen LogP contribution in [-0.2, 0) is 4.79 Å². The normalized spacial score (nSPS) is 14.3. The molecule has 152 valence electrons. The van der Waals surface area contributed by atoms with Crippen LogP contribution >= 0.6 is 0 Å². The number of para-hydroxylation sites is 2. The number of piperidine rings is 1. The van der Waals surface area contributed by atoms with Gasteiger partial charge in [0.2, 0.25) is 5.91 Å². The molecule has 1 saturated heterocycles. The van der Waals surface area contributed by atoms with E-state index in [4.69, 9.17) is 5.73 Å². The van der Waals surface area contributed by atoms with E-state index in [1.54, 1.807) is 0 Å². The van der Waals surface area contributed by atoms with Crippen molar-refractivity contribution >= 4 is 23.2 Å². The molecule has 0 bridgehead atoms. The molecule has 0 atom stereocenters. The molecule has 4 rings (SSSR count). The van der Waals surface area contributed by atoms with Crippen molar-refractivity contribution < 1.29 is 9.59 Å². The number of nitrogens with one attached hydrogen (secondary N) is 1. The number of anilines is 2. The summed E-state index contributed by atoms with van der Waals surface area (Å²) in [6, 6.07) is 17.3. The third kappa shape index (κ3) is 4.30. The second kappa shape index (κ2) is 8.73. The monoisotopic (exact) mass is 401 g/mol. The minimum absolute atomic E-state index is 0.0803. The molecule has 2 heterocycles. The molecule has 7 nitrogen and oxygen atoms in total. The van der Waals surface area contributed by atoms with Gasteiger partial charge < -0.3 is 16.0 Å². The number of hydrogen-bond donors (Lipinski definition) is 2. The van der Waals surface area contributed by atoms with Crippen LogP contribution < -0.4 is 16.0 Å². The van der Waals surface area contributed by atoms with Crippen molar-refractivity contribution in [3.05, 3.63) is 72.6 Å². The van der Waals surface area contributed by atoms with Crippen LogP contribution in [0.15, 0.2) is 67.0 Å². The highest BCUT2D eigenvalue weighted by Gasteiger charge is 2.24. The highest BCUT2D eigenvalue weighted by Crippen LogP contribution is 2.30. The summed E-state index contributed by atoms with van der Waals surface area (Å²) in [7, 11) is 0. The Morgan fingerprint density at radius 1 is 0.933 bits per heavy atom. The molecule has 1 aromatic heterocycles. The lowest BCUT2D eigenvalue weighted by Crippen LogP contribution is -2.38. The molecule has 2 aromatic carbocycles. The first-order valence-electron chi connectivity index (χ1n) is 9.94. The molecule has 7 heteroatoms. The Kier molecular flexibility index (Phi) is 5.70. The molecule has 2 amide bonds. The molecule has 0 saturated carbocycles. The van der Waals surface area contributed by atoms with E-state index in [9.17, 15) is 9.59 Å². The van der Waals surface area contributed by atoms with Crippen molar-refractivity contribution in [2.24, 2.45) is 11.7 Å². The predicted octanol–water partition coefficient (Wildman–Crippen LogP) is 3.10. The molecule has 0 radical (unpaired) electrons. The molecule has 1 fully saturated rings. The smallest absolute Gasteiger partial charge is 0.258 e. The van der Waals surface area contributed by atoms with Crippen LogP contribution in [0.3, 0.4) is 0 Å². The summed E-state index contributed by atoms with van der Waals surface area (Å²) in [5.41, 5.74) is 8.36. The molecule has 30 heavy (non-hydrogen) atoms. The van der Waals surface area contributed by atoms with Crippen molar-refractivity contribution in [1.82, 2.24) is 9.97 Å². The molecule has 1 aliphatic heterocycles. The first kappa shape index (κ1) is 19.6. The molecule has 0 aliphatic carbocycles. The van der Waals surface area contributed by atoms with Crippen molar-refractivity contribution in [1.29, 1.82) is 0 Å². The summed E-state index contributed by atoms with van der Waals surface area (Å²) < 4.78 is 0. The number of nitrogens with two attached hydrogens (primary N) is 1. The fourth-order valence-electron chi connectivity index (χ4n) is 3.64. The van der Waals surface area contributed by atoms with Crippen LogP contribution in [0.25, 0.3) is 11.4 Å². The lowest BCUT2D eigenvalue weighted by molar-refractivity contribution is -0.122. The minimum Gasteiger partial charge on any atom is -0.370 e. The van der Waals surface area contributed by atoms with Gasteiger partial charge in [-0.2, -0.15) is 0 Å². The summed E-state index contributed by atoms with van der Waals surface area (Å²) >= 11 is 0. The largest absolute Gasteiger partial charge is 0.370 e. The zero-order chi connectivity index (χ0) is 20.9. The molecule has 3 N–H and O–H groups in total. The quantitative estimate of drug-likeness (QED) is 0.684. The molecule has 1 aliphatic rings. The predicted molar refractivity (Wildman–Crippen MR) is 116 cm³/mol. The number of benzene rings is 2. The van der Waals surface area contributed by atoms with Crippen LogP contribution in [0.1, 0.15) is 23.2 Å². The van der Waals surface area contributed by atoms with Crippen molar-refractivity contribution in [2.75, 3.05) is 23.3 Å². The zero-order valence-corrected chi connectivity index (χ0v) is 16.5. The highest BCUT2D eigenvalue weighted by atomic mass is 16.2. The number of primary amides is 1. The SMILES string of the molecule is NC(=O)C1CCN(c2ccccc2NC(=O)c2cnc(-c3ccccc3)nc2)CC1. The fourth-order valence-corrected chi connectivity index (χ4v) is 3.64. The average Bonchev–Trinajstić information content (AvgIpc) is 2.80. The maximum Gasteiger partial charge on any atom is 0.258 e. The maximum atomic E-state index is 12.8. The second-order valence-electron chi connectivity index (χ2n) is 7.30.